The molecule has 0 aromatic heterocycles. The third-order valence-electron chi connectivity index (χ3n) is 2.69. The second-order valence-electron chi connectivity index (χ2n) is 3.52. The van der Waals surface area contributed by atoms with Crippen LogP contribution in [0, 0.1) is 0 Å². The second kappa shape index (κ2) is 1.87. The maximum absolute atomic E-state index is 11.0. The van der Waals surface area contributed by atoms with Gasteiger partial charge in [-0.1, -0.05) is 18.2 Å². The third-order valence-corrected chi connectivity index (χ3v) is 2.69. The fourth-order valence-corrected chi connectivity index (χ4v) is 1.95. The van der Waals surface area contributed by atoms with E-state index in [1.807, 2.05) is 31.2 Å². The van der Waals surface area contributed by atoms with Gasteiger partial charge in [0.1, 0.15) is 5.75 Å². The Balaban J connectivity index is 2.17. The molecule has 2 heterocycles. The maximum atomic E-state index is 11.0. The van der Waals surface area contributed by atoms with Crippen LogP contribution in [0.5, 0.6) is 5.75 Å². The van der Waals surface area contributed by atoms with E-state index < -0.39 is 11.7 Å². The predicted octanol–water partition coefficient (Wildman–Crippen LogP) is 1.22. The quantitative estimate of drug-likeness (QED) is 0.557. The molecule has 13 heavy (non-hydrogen) atoms. The van der Waals surface area contributed by atoms with Crippen LogP contribution in [0.4, 0.5) is 0 Å². The molecule has 2 unspecified atom stereocenters. The summed E-state index contributed by atoms with van der Waals surface area (Å²) < 4.78 is 10.6. The van der Waals surface area contributed by atoms with Gasteiger partial charge in [-0.2, -0.15) is 0 Å². The Hall–Kier alpha value is -1.51. The number of fused-ring (bicyclic) bond motifs is 3. The van der Waals surface area contributed by atoms with Crippen molar-refractivity contribution in [3.63, 3.8) is 0 Å². The number of carbonyl (C=O) groups is 1. The Labute approximate surface area is 75.3 Å². The molecule has 0 amide bonds. The van der Waals surface area contributed by atoms with Crippen LogP contribution in [0.25, 0.3) is 0 Å². The first kappa shape index (κ1) is 6.95. The highest BCUT2D eigenvalue weighted by molar-refractivity contribution is 5.85. The van der Waals surface area contributed by atoms with Gasteiger partial charge >= 0.3 is 5.97 Å². The molecule has 3 rings (SSSR count). The van der Waals surface area contributed by atoms with Crippen molar-refractivity contribution in [3.05, 3.63) is 29.8 Å². The lowest BCUT2D eigenvalue weighted by Crippen LogP contribution is -2.56. The summed E-state index contributed by atoms with van der Waals surface area (Å²) in [5.41, 5.74) is 0.438. The summed E-state index contributed by atoms with van der Waals surface area (Å²) in [6.45, 7) is 1.88. The Morgan fingerprint density at radius 1 is 1.38 bits per heavy atom. The van der Waals surface area contributed by atoms with Gasteiger partial charge in [0.2, 0.25) is 6.10 Å². The minimum Gasteiger partial charge on any atom is -0.474 e. The van der Waals surface area contributed by atoms with E-state index in [9.17, 15) is 4.79 Å². The van der Waals surface area contributed by atoms with Crippen LogP contribution in [-0.4, -0.2) is 12.1 Å². The molecule has 0 radical (unpaired) electrons. The van der Waals surface area contributed by atoms with Gasteiger partial charge in [-0.3, -0.25) is 0 Å². The van der Waals surface area contributed by atoms with Crippen LogP contribution in [0.2, 0.25) is 0 Å². The molecule has 3 nitrogen and oxygen atoms in total. The highest BCUT2D eigenvalue weighted by atomic mass is 16.7. The number of hydrogen-bond acceptors (Lipinski definition) is 3. The van der Waals surface area contributed by atoms with Gasteiger partial charge in [0.25, 0.3) is 0 Å². The van der Waals surface area contributed by atoms with E-state index in [0.717, 1.165) is 11.3 Å². The molecule has 0 saturated carbocycles. The lowest BCUT2D eigenvalue weighted by molar-refractivity contribution is -0.214. The average Bonchev–Trinajstić information content (AvgIpc) is 2.36. The van der Waals surface area contributed by atoms with Crippen molar-refractivity contribution >= 4 is 5.97 Å². The van der Waals surface area contributed by atoms with E-state index in [4.69, 9.17) is 9.47 Å². The number of carbonyl (C=O) groups excluding carboxylic acids is 1. The first-order chi connectivity index (χ1) is 6.22. The summed E-state index contributed by atoms with van der Waals surface area (Å²) in [7, 11) is 0. The lowest BCUT2D eigenvalue weighted by Gasteiger charge is -2.38. The monoisotopic (exact) mass is 176 g/mol. The van der Waals surface area contributed by atoms with Crippen molar-refractivity contribution < 1.29 is 14.3 Å². The molecule has 1 fully saturated rings. The van der Waals surface area contributed by atoms with Crippen molar-refractivity contribution in [1.29, 1.82) is 0 Å². The van der Waals surface area contributed by atoms with E-state index in [2.05, 4.69) is 0 Å². The predicted molar refractivity (Wildman–Crippen MR) is 44.3 cm³/mol. The Kier molecular flexibility index (Phi) is 0.998. The first-order valence-corrected chi connectivity index (χ1v) is 4.21. The summed E-state index contributed by atoms with van der Waals surface area (Å²) in [5, 5.41) is 0. The first-order valence-electron chi connectivity index (χ1n) is 4.21. The number of para-hydroxylation sites is 1. The fraction of sp³-hybridized carbons (Fsp3) is 0.300. The molecule has 1 saturated heterocycles. The molecular formula is C10H8O3. The molecule has 3 heteroatoms. The molecule has 2 aliphatic rings. The number of ether oxygens (including phenoxy) is 2. The van der Waals surface area contributed by atoms with Crippen molar-refractivity contribution in [2.24, 2.45) is 0 Å². The molecule has 1 aromatic rings. The Morgan fingerprint density at radius 3 is 2.92 bits per heavy atom. The Morgan fingerprint density at radius 2 is 2.15 bits per heavy atom. The van der Waals surface area contributed by atoms with Crippen LogP contribution in [0.15, 0.2) is 24.3 Å². The normalized spacial score (nSPS) is 33.9. The van der Waals surface area contributed by atoms with Gasteiger partial charge in [-0.25, -0.2) is 4.79 Å². The van der Waals surface area contributed by atoms with Gasteiger partial charge in [-0.05, 0) is 13.0 Å². The molecule has 66 valence electrons. The number of esters is 1. The van der Waals surface area contributed by atoms with Gasteiger partial charge in [0.05, 0.1) is 0 Å². The molecular weight excluding hydrogens is 168 g/mol. The molecule has 2 aliphatic heterocycles. The largest absolute Gasteiger partial charge is 0.474 e. The number of rotatable bonds is 0. The highest BCUT2D eigenvalue weighted by Gasteiger charge is 2.61. The van der Waals surface area contributed by atoms with Crippen LogP contribution >= 0.6 is 0 Å². The van der Waals surface area contributed by atoms with Crippen LogP contribution in [-0.2, 0) is 15.1 Å². The minimum absolute atomic E-state index is 0.265. The van der Waals surface area contributed by atoms with Crippen LogP contribution < -0.4 is 4.74 Å². The fourth-order valence-electron chi connectivity index (χ4n) is 1.95. The van der Waals surface area contributed by atoms with E-state index >= 15 is 0 Å². The summed E-state index contributed by atoms with van der Waals surface area (Å²) in [5.74, 6) is 0.500. The minimum atomic E-state index is -0.534. The van der Waals surface area contributed by atoms with E-state index in [0.29, 0.717) is 0 Å². The Bertz CT molecular complexity index is 399. The average molecular weight is 176 g/mol. The molecule has 2 atom stereocenters. The zero-order chi connectivity index (χ0) is 9.05. The van der Waals surface area contributed by atoms with Crippen molar-refractivity contribution in [1.82, 2.24) is 0 Å². The second-order valence-corrected chi connectivity index (χ2v) is 3.52. The van der Waals surface area contributed by atoms with Crippen molar-refractivity contribution in [2.75, 3.05) is 0 Å². The lowest BCUT2D eigenvalue weighted by atomic mass is 9.87. The number of benzene rings is 1. The SMILES string of the molecule is CC12OC(=O)C1Oc1ccccc12. The molecule has 0 spiro atoms. The van der Waals surface area contributed by atoms with Gasteiger partial charge in [0.15, 0.2) is 5.60 Å². The van der Waals surface area contributed by atoms with E-state index in [1.165, 1.54) is 0 Å². The van der Waals surface area contributed by atoms with Crippen LogP contribution in [0.1, 0.15) is 12.5 Å². The molecule has 1 aromatic carbocycles. The molecule has 0 bridgehead atoms. The number of hydrogen-bond donors (Lipinski definition) is 0. The maximum Gasteiger partial charge on any atom is 0.353 e. The standard InChI is InChI=1S/C10H8O3/c1-10-6-4-2-3-5-7(6)12-8(10)9(11)13-10/h2-5,8H,1H3. The van der Waals surface area contributed by atoms with Crippen LogP contribution in [0.3, 0.4) is 0 Å². The summed E-state index contributed by atoms with van der Waals surface area (Å²) >= 11 is 0. The summed E-state index contributed by atoms with van der Waals surface area (Å²) in [6, 6.07) is 7.59. The van der Waals surface area contributed by atoms with Crippen molar-refractivity contribution in [2.45, 2.75) is 18.6 Å². The van der Waals surface area contributed by atoms with Gasteiger partial charge in [-0.15, -0.1) is 0 Å². The van der Waals surface area contributed by atoms with Crippen molar-refractivity contribution in [3.8, 4) is 5.75 Å². The summed E-state index contributed by atoms with van der Waals surface area (Å²) in [6.07, 6.45) is -0.426. The zero-order valence-corrected chi connectivity index (χ0v) is 7.11. The van der Waals surface area contributed by atoms with Gasteiger partial charge < -0.3 is 9.47 Å². The zero-order valence-electron chi connectivity index (χ0n) is 7.11. The summed E-state index contributed by atoms with van der Waals surface area (Å²) in [4.78, 5) is 11.0. The van der Waals surface area contributed by atoms with Gasteiger partial charge in [0, 0.05) is 5.56 Å². The molecule has 0 aliphatic carbocycles. The highest BCUT2D eigenvalue weighted by Crippen LogP contribution is 2.49. The molecule has 0 N–H and O–H groups in total. The smallest absolute Gasteiger partial charge is 0.353 e. The topological polar surface area (TPSA) is 35.5 Å². The van der Waals surface area contributed by atoms with E-state index in [1.54, 1.807) is 0 Å². The van der Waals surface area contributed by atoms with E-state index in [-0.39, 0.29) is 5.97 Å². The third kappa shape index (κ3) is 0.636.